The molecule has 0 aliphatic heterocycles. The summed E-state index contributed by atoms with van der Waals surface area (Å²) >= 11 is 0. The lowest BCUT2D eigenvalue weighted by molar-refractivity contribution is -0.145. The molecule has 27 heavy (non-hydrogen) atoms. The zero-order valence-electron chi connectivity index (χ0n) is 15.4. The van der Waals surface area contributed by atoms with Crippen LogP contribution in [0.1, 0.15) is 25.3 Å². The molecular formula is C18H25N3O6. The van der Waals surface area contributed by atoms with E-state index in [1.165, 1.54) is 7.11 Å². The normalized spacial score (nSPS) is 11.0. The minimum absolute atomic E-state index is 0.0864. The third-order valence-electron chi connectivity index (χ3n) is 3.45. The summed E-state index contributed by atoms with van der Waals surface area (Å²) in [6.45, 7) is 1.29. The number of carbonyl (C=O) groups is 4. The van der Waals surface area contributed by atoms with E-state index in [1.807, 2.05) is 25.1 Å². The average molecular weight is 379 g/mol. The quantitative estimate of drug-likeness (QED) is 0.509. The van der Waals surface area contributed by atoms with Gasteiger partial charge in [-0.05, 0) is 12.0 Å². The molecule has 3 N–H and O–H groups in total. The molecule has 1 atom stereocenters. The van der Waals surface area contributed by atoms with E-state index in [1.54, 1.807) is 12.1 Å². The van der Waals surface area contributed by atoms with Crippen LogP contribution < -0.4 is 16.0 Å². The molecule has 0 aliphatic carbocycles. The Morgan fingerprint density at radius 2 is 1.67 bits per heavy atom. The summed E-state index contributed by atoms with van der Waals surface area (Å²) in [7, 11) is 1.24. The number of nitrogens with one attached hydrogen (secondary N) is 3. The largest absolute Gasteiger partial charge is 0.467 e. The molecule has 0 spiro atoms. The number of ether oxygens (including phenoxy) is 2. The van der Waals surface area contributed by atoms with Crippen molar-refractivity contribution >= 4 is 23.9 Å². The Morgan fingerprint density at radius 1 is 1.00 bits per heavy atom. The van der Waals surface area contributed by atoms with Gasteiger partial charge in [-0.3, -0.25) is 9.59 Å². The maximum atomic E-state index is 11.8. The zero-order chi connectivity index (χ0) is 20.1. The summed E-state index contributed by atoms with van der Waals surface area (Å²) in [6.07, 6.45) is 0.370. The van der Waals surface area contributed by atoms with E-state index in [-0.39, 0.29) is 19.7 Å². The van der Waals surface area contributed by atoms with Gasteiger partial charge in [-0.1, -0.05) is 43.7 Å². The summed E-state index contributed by atoms with van der Waals surface area (Å²) < 4.78 is 9.57. The summed E-state index contributed by atoms with van der Waals surface area (Å²) in [5, 5.41) is 7.12. The fourth-order valence-corrected chi connectivity index (χ4v) is 2.09. The van der Waals surface area contributed by atoms with Crippen LogP contribution in [0.25, 0.3) is 0 Å². The summed E-state index contributed by atoms with van der Waals surface area (Å²) in [5.74, 6) is -1.63. The molecule has 0 saturated carbocycles. The smallest absolute Gasteiger partial charge is 0.407 e. The number of esters is 1. The Morgan fingerprint density at radius 3 is 2.30 bits per heavy atom. The molecule has 1 aromatic rings. The number of carbonyl (C=O) groups excluding carboxylic acids is 4. The molecule has 0 heterocycles. The van der Waals surface area contributed by atoms with E-state index in [0.29, 0.717) is 12.8 Å². The molecule has 0 fully saturated rings. The van der Waals surface area contributed by atoms with Crippen LogP contribution in [0.15, 0.2) is 30.3 Å². The van der Waals surface area contributed by atoms with Crippen molar-refractivity contribution in [1.82, 2.24) is 16.0 Å². The Hall–Kier alpha value is -3.10. The summed E-state index contributed by atoms with van der Waals surface area (Å²) in [6, 6.07) is 8.34. The van der Waals surface area contributed by atoms with Crippen LogP contribution in [0, 0.1) is 0 Å². The number of alkyl carbamates (subject to hydrolysis) is 1. The summed E-state index contributed by atoms with van der Waals surface area (Å²) in [4.78, 5) is 46.6. The number of hydrogen-bond acceptors (Lipinski definition) is 6. The first-order valence-corrected chi connectivity index (χ1v) is 8.54. The lowest BCUT2D eigenvalue weighted by Crippen LogP contribution is -2.47. The molecule has 0 saturated heterocycles. The maximum Gasteiger partial charge on any atom is 0.407 e. The van der Waals surface area contributed by atoms with Crippen molar-refractivity contribution < 1.29 is 28.7 Å². The van der Waals surface area contributed by atoms with Gasteiger partial charge in [0.05, 0.1) is 13.7 Å². The number of amides is 3. The van der Waals surface area contributed by atoms with Gasteiger partial charge < -0.3 is 25.4 Å². The second-order valence-corrected chi connectivity index (χ2v) is 5.62. The maximum absolute atomic E-state index is 11.8. The highest BCUT2D eigenvalue weighted by atomic mass is 16.5. The first kappa shape index (κ1) is 21.9. The molecule has 9 nitrogen and oxygen atoms in total. The molecule has 1 unspecified atom stereocenters. The first-order valence-electron chi connectivity index (χ1n) is 8.54. The number of hydrogen-bond donors (Lipinski definition) is 3. The third kappa shape index (κ3) is 9.24. The second-order valence-electron chi connectivity index (χ2n) is 5.62. The minimum Gasteiger partial charge on any atom is -0.467 e. The van der Waals surface area contributed by atoms with Gasteiger partial charge in [0.25, 0.3) is 0 Å². The van der Waals surface area contributed by atoms with Crippen molar-refractivity contribution in [2.45, 2.75) is 32.4 Å². The predicted molar refractivity (Wildman–Crippen MR) is 96.5 cm³/mol. The van der Waals surface area contributed by atoms with Crippen molar-refractivity contribution in [3.05, 3.63) is 35.9 Å². The highest BCUT2D eigenvalue weighted by Crippen LogP contribution is 2.00. The number of rotatable bonds is 10. The number of methoxy groups -OCH3 is 1. The minimum atomic E-state index is -0.754. The molecular weight excluding hydrogens is 354 g/mol. The Labute approximate surface area is 157 Å². The van der Waals surface area contributed by atoms with E-state index < -0.39 is 29.9 Å². The summed E-state index contributed by atoms with van der Waals surface area (Å²) in [5.41, 5.74) is 0.820. The van der Waals surface area contributed by atoms with Crippen molar-refractivity contribution in [3.8, 4) is 0 Å². The van der Waals surface area contributed by atoms with Gasteiger partial charge in [-0.15, -0.1) is 0 Å². The Balaban J connectivity index is 2.24. The van der Waals surface area contributed by atoms with Crippen molar-refractivity contribution in [1.29, 1.82) is 0 Å². The lowest BCUT2D eigenvalue weighted by Gasteiger charge is -2.15. The van der Waals surface area contributed by atoms with Gasteiger partial charge in [0, 0.05) is 0 Å². The van der Waals surface area contributed by atoms with E-state index in [9.17, 15) is 19.2 Å². The molecule has 0 radical (unpaired) electrons. The zero-order valence-corrected chi connectivity index (χ0v) is 15.4. The SMILES string of the molecule is CCCC(NC(=O)CNC(=O)CNC(=O)OCc1ccccc1)C(=O)OC. The fraction of sp³-hybridized carbons (Fsp3) is 0.444. The fourth-order valence-electron chi connectivity index (χ4n) is 2.09. The van der Waals surface area contributed by atoms with Crippen LogP contribution in [0.5, 0.6) is 0 Å². The van der Waals surface area contributed by atoms with Crippen molar-refractivity contribution in [3.63, 3.8) is 0 Å². The van der Waals surface area contributed by atoms with Gasteiger partial charge >= 0.3 is 12.1 Å². The highest BCUT2D eigenvalue weighted by Gasteiger charge is 2.20. The van der Waals surface area contributed by atoms with Gasteiger partial charge in [0.2, 0.25) is 11.8 Å². The van der Waals surface area contributed by atoms with Crippen molar-refractivity contribution in [2.75, 3.05) is 20.2 Å². The monoisotopic (exact) mass is 379 g/mol. The number of benzene rings is 1. The van der Waals surface area contributed by atoms with Crippen LogP contribution in [0.3, 0.4) is 0 Å². The van der Waals surface area contributed by atoms with Gasteiger partial charge in [-0.25, -0.2) is 9.59 Å². The molecule has 148 valence electrons. The molecule has 0 aliphatic rings. The van der Waals surface area contributed by atoms with Crippen LogP contribution >= 0.6 is 0 Å². The van der Waals surface area contributed by atoms with E-state index in [4.69, 9.17) is 4.74 Å². The van der Waals surface area contributed by atoms with E-state index >= 15 is 0 Å². The average Bonchev–Trinajstić information content (AvgIpc) is 2.69. The first-order chi connectivity index (χ1) is 13.0. The second kappa shape index (κ2) is 12.3. The van der Waals surface area contributed by atoms with Crippen LogP contribution in [-0.2, 0) is 30.5 Å². The van der Waals surface area contributed by atoms with Gasteiger partial charge in [-0.2, -0.15) is 0 Å². The van der Waals surface area contributed by atoms with E-state index in [0.717, 1.165) is 5.56 Å². The Bertz CT molecular complexity index is 635. The topological polar surface area (TPSA) is 123 Å². The van der Waals surface area contributed by atoms with Gasteiger partial charge in [0.15, 0.2) is 0 Å². The van der Waals surface area contributed by atoms with Crippen LogP contribution in [0.2, 0.25) is 0 Å². The molecule has 0 aromatic heterocycles. The predicted octanol–water partition coefficient (Wildman–Crippen LogP) is 0.487. The standard InChI is InChI=1S/C18H25N3O6/c1-3-7-14(17(24)26-2)21-16(23)11-19-15(22)10-20-18(25)27-12-13-8-5-4-6-9-13/h4-6,8-9,14H,3,7,10-12H2,1-2H3,(H,19,22)(H,20,25)(H,21,23). The highest BCUT2D eigenvalue weighted by molar-refractivity contribution is 5.89. The Kier molecular flexibility index (Phi) is 9.98. The van der Waals surface area contributed by atoms with Crippen molar-refractivity contribution in [2.24, 2.45) is 0 Å². The molecule has 1 rings (SSSR count). The molecule has 3 amide bonds. The molecule has 0 bridgehead atoms. The lowest BCUT2D eigenvalue weighted by atomic mass is 10.1. The van der Waals surface area contributed by atoms with Gasteiger partial charge in [0.1, 0.15) is 19.2 Å². The van der Waals surface area contributed by atoms with Crippen LogP contribution in [-0.4, -0.2) is 50.1 Å². The third-order valence-corrected chi connectivity index (χ3v) is 3.45. The van der Waals surface area contributed by atoms with E-state index in [2.05, 4.69) is 20.7 Å². The molecule has 9 heteroatoms. The van der Waals surface area contributed by atoms with Crippen LogP contribution in [0.4, 0.5) is 4.79 Å². The molecule has 1 aromatic carbocycles.